The molecule has 38 heavy (non-hydrogen) atoms. The lowest BCUT2D eigenvalue weighted by Crippen LogP contribution is -2.29. The molecular weight excluding hydrogens is 478 g/mol. The first-order valence-corrected chi connectivity index (χ1v) is 13.0. The maximum absolute atomic E-state index is 13.6. The van der Waals surface area contributed by atoms with Gasteiger partial charge in [0.2, 0.25) is 0 Å². The van der Waals surface area contributed by atoms with Gasteiger partial charge in [0, 0.05) is 17.3 Å². The van der Waals surface area contributed by atoms with Crippen molar-refractivity contribution in [3.05, 3.63) is 94.6 Å². The van der Waals surface area contributed by atoms with Crippen molar-refractivity contribution in [1.82, 2.24) is 0 Å². The van der Waals surface area contributed by atoms with Crippen LogP contribution in [0.5, 0.6) is 11.5 Å². The van der Waals surface area contributed by atoms with E-state index in [0.29, 0.717) is 35.3 Å². The maximum Gasteiger partial charge on any atom is 0.300 e. The van der Waals surface area contributed by atoms with Crippen molar-refractivity contribution in [3.63, 3.8) is 0 Å². The second-order valence-corrected chi connectivity index (χ2v) is 10.0. The van der Waals surface area contributed by atoms with E-state index in [1.165, 1.54) is 4.90 Å². The lowest BCUT2D eigenvalue weighted by molar-refractivity contribution is -0.132. The summed E-state index contributed by atoms with van der Waals surface area (Å²) < 4.78 is 11.1. The maximum atomic E-state index is 13.6. The number of ketones is 1. The van der Waals surface area contributed by atoms with Gasteiger partial charge in [-0.05, 0) is 65.8 Å². The van der Waals surface area contributed by atoms with Gasteiger partial charge < -0.3 is 14.6 Å². The fourth-order valence-electron chi connectivity index (χ4n) is 4.86. The minimum absolute atomic E-state index is 0.0500. The third-order valence-electron chi connectivity index (χ3n) is 6.90. The van der Waals surface area contributed by atoms with Gasteiger partial charge in [0.15, 0.2) is 0 Å². The molecule has 1 unspecified atom stereocenters. The molecule has 3 aromatic rings. The molecule has 0 bridgehead atoms. The Hall–Kier alpha value is -4.06. The van der Waals surface area contributed by atoms with Gasteiger partial charge in [-0.15, -0.1) is 0 Å². The van der Waals surface area contributed by atoms with Gasteiger partial charge in [-0.3, -0.25) is 14.5 Å². The Labute approximate surface area is 224 Å². The molecule has 1 fully saturated rings. The van der Waals surface area contributed by atoms with Crippen LogP contribution in [0.1, 0.15) is 74.8 Å². The van der Waals surface area contributed by atoms with E-state index >= 15 is 0 Å². The molecule has 1 heterocycles. The number of rotatable bonds is 8. The summed E-state index contributed by atoms with van der Waals surface area (Å²) in [6.45, 7) is 10.6. The predicted molar refractivity (Wildman–Crippen MR) is 150 cm³/mol. The highest BCUT2D eigenvalue weighted by Gasteiger charge is 2.47. The SMILES string of the molecule is CCOc1cccc(N2C(=O)C(=O)/C(=C(\O)c3ccc(OC)c(C(C)C)c3)C2c2ccc(C(C)C)cc2)c1. The summed E-state index contributed by atoms with van der Waals surface area (Å²) in [5.74, 6) is 0.102. The van der Waals surface area contributed by atoms with E-state index in [4.69, 9.17) is 9.47 Å². The summed E-state index contributed by atoms with van der Waals surface area (Å²) >= 11 is 0. The second kappa shape index (κ2) is 11.1. The molecule has 1 atom stereocenters. The van der Waals surface area contributed by atoms with Crippen molar-refractivity contribution in [2.75, 3.05) is 18.6 Å². The van der Waals surface area contributed by atoms with Crippen molar-refractivity contribution in [2.24, 2.45) is 0 Å². The molecule has 0 spiro atoms. The molecular formula is C32H35NO5. The Morgan fingerprint density at radius 2 is 1.66 bits per heavy atom. The van der Waals surface area contributed by atoms with Crippen molar-refractivity contribution >= 4 is 23.1 Å². The number of anilines is 1. The molecule has 4 rings (SSSR count). The Balaban J connectivity index is 1.93. The molecule has 6 nitrogen and oxygen atoms in total. The zero-order chi connectivity index (χ0) is 27.6. The van der Waals surface area contributed by atoms with Crippen molar-refractivity contribution < 1.29 is 24.2 Å². The van der Waals surface area contributed by atoms with E-state index in [2.05, 4.69) is 13.8 Å². The molecule has 1 aliphatic heterocycles. The van der Waals surface area contributed by atoms with Crippen LogP contribution in [0.15, 0.2) is 72.3 Å². The topological polar surface area (TPSA) is 76.1 Å². The number of hydrogen-bond donors (Lipinski definition) is 1. The number of amides is 1. The Morgan fingerprint density at radius 3 is 2.26 bits per heavy atom. The van der Waals surface area contributed by atoms with Crippen LogP contribution in [0.25, 0.3) is 5.76 Å². The fourth-order valence-corrected chi connectivity index (χ4v) is 4.86. The van der Waals surface area contributed by atoms with Crippen LogP contribution in [-0.4, -0.2) is 30.5 Å². The number of aliphatic hydroxyl groups is 1. The summed E-state index contributed by atoms with van der Waals surface area (Å²) in [6.07, 6.45) is 0. The number of aliphatic hydroxyl groups excluding tert-OH is 1. The van der Waals surface area contributed by atoms with Gasteiger partial charge in [-0.25, -0.2) is 0 Å². The molecule has 1 N–H and O–H groups in total. The average molecular weight is 514 g/mol. The summed E-state index contributed by atoms with van der Waals surface area (Å²) in [5.41, 5.74) is 3.80. The number of carbonyl (C=O) groups excluding carboxylic acids is 2. The number of benzene rings is 3. The monoisotopic (exact) mass is 513 g/mol. The van der Waals surface area contributed by atoms with Crippen LogP contribution >= 0.6 is 0 Å². The number of nitrogens with zero attached hydrogens (tertiary/aromatic N) is 1. The molecule has 3 aromatic carbocycles. The summed E-state index contributed by atoms with van der Waals surface area (Å²) in [4.78, 5) is 28.5. The van der Waals surface area contributed by atoms with Gasteiger partial charge in [0.25, 0.3) is 11.7 Å². The van der Waals surface area contributed by atoms with Crippen LogP contribution in [-0.2, 0) is 9.59 Å². The quantitative estimate of drug-likeness (QED) is 0.200. The Bertz CT molecular complexity index is 1370. The van der Waals surface area contributed by atoms with Crippen LogP contribution in [0.4, 0.5) is 5.69 Å². The molecule has 1 amide bonds. The van der Waals surface area contributed by atoms with E-state index in [9.17, 15) is 14.7 Å². The first-order chi connectivity index (χ1) is 18.2. The molecule has 0 aromatic heterocycles. The van der Waals surface area contributed by atoms with Crippen LogP contribution < -0.4 is 14.4 Å². The van der Waals surface area contributed by atoms with Crippen LogP contribution in [0.3, 0.4) is 0 Å². The molecule has 1 saturated heterocycles. The van der Waals surface area contributed by atoms with Gasteiger partial charge in [0.05, 0.1) is 25.3 Å². The molecule has 0 radical (unpaired) electrons. The van der Waals surface area contributed by atoms with Gasteiger partial charge >= 0.3 is 0 Å². The third-order valence-corrected chi connectivity index (χ3v) is 6.90. The van der Waals surface area contributed by atoms with Crippen molar-refractivity contribution in [2.45, 2.75) is 52.5 Å². The first kappa shape index (κ1) is 27.0. The van der Waals surface area contributed by atoms with Crippen molar-refractivity contribution in [3.8, 4) is 11.5 Å². The third kappa shape index (κ3) is 5.03. The zero-order valence-corrected chi connectivity index (χ0v) is 22.8. The van der Waals surface area contributed by atoms with E-state index in [0.717, 1.165) is 16.7 Å². The molecule has 0 aliphatic carbocycles. The summed E-state index contributed by atoms with van der Waals surface area (Å²) in [6, 6.07) is 19.5. The number of ether oxygens (including phenoxy) is 2. The molecule has 6 heteroatoms. The Morgan fingerprint density at radius 1 is 0.947 bits per heavy atom. The molecule has 198 valence electrons. The minimum atomic E-state index is -0.808. The lowest BCUT2D eigenvalue weighted by Gasteiger charge is -2.26. The highest BCUT2D eigenvalue weighted by molar-refractivity contribution is 6.51. The summed E-state index contributed by atoms with van der Waals surface area (Å²) in [5, 5.41) is 11.6. The van der Waals surface area contributed by atoms with Crippen LogP contribution in [0.2, 0.25) is 0 Å². The predicted octanol–water partition coefficient (Wildman–Crippen LogP) is 6.97. The Kier molecular flexibility index (Phi) is 7.91. The first-order valence-electron chi connectivity index (χ1n) is 13.0. The van der Waals surface area contributed by atoms with Gasteiger partial charge in [-0.1, -0.05) is 58.0 Å². The fraction of sp³-hybridized carbons (Fsp3) is 0.312. The number of carbonyl (C=O) groups is 2. The van der Waals surface area contributed by atoms with E-state index in [-0.39, 0.29) is 17.3 Å². The average Bonchev–Trinajstić information content (AvgIpc) is 3.18. The van der Waals surface area contributed by atoms with E-state index in [1.807, 2.05) is 51.1 Å². The lowest BCUT2D eigenvalue weighted by atomic mass is 9.92. The highest BCUT2D eigenvalue weighted by atomic mass is 16.5. The van der Waals surface area contributed by atoms with E-state index < -0.39 is 17.7 Å². The van der Waals surface area contributed by atoms with E-state index in [1.54, 1.807) is 43.5 Å². The summed E-state index contributed by atoms with van der Waals surface area (Å²) in [7, 11) is 1.60. The molecule has 1 aliphatic rings. The zero-order valence-electron chi connectivity index (χ0n) is 22.8. The molecule has 0 saturated carbocycles. The van der Waals surface area contributed by atoms with Crippen LogP contribution in [0, 0.1) is 0 Å². The van der Waals surface area contributed by atoms with Gasteiger partial charge in [0.1, 0.15) is 17.3 Å². The van der Waals surface area contributed by atoms with Crippen molar-refractivity contribution in [1.29, 1.82) is 0 Å². The minimum Gasteiger partial charge on any atom is -0.507 e. The number of methoxy groups -OCH3 is 1. The number of Topliss-reactive ketones (excluding diaryl/α,β-unsaturated/α-hetero) is 1. The second-order valence-electron chi connectivity index (χ2n) is 10.0. The number of hydrogen-bond acceptors (Lipinski definition) is 5. The van der Waals surface area contributed by atoms with Gasteiger partial charge in [-0.2, -0.15) is 0 Å². The largest absolute Gasteiger partial charge is 0.507 e. The normalized spacial score (nSPS) is 16.9. The highest BCUT2D eigenvalue weighted by Crippen LogP contribution is 2.43. The smallest absolute Gasteiger partial charge is 0.300 e. The standard InChI is InChI=1S/C32H35NO5/c1-7-38-25-10-8-9-24(18-25)33-29(22-13-11-21(12-14-22)19(2)3)28(31(35)32(33)36)30(34)23-15-16-27(37-6)26(17-23)20(4)5/h8-20,29,34H,7H2,1-6H3/b30-28-.